The summed E-state index contributed by atoms with van der Waals surface area (Å²) in [6.45, 7) is 6.87. The van der Waals surface area contributed by atoms with Crippen molar-refractivity contribution < 1.29 is 0 Å². The number of nitrogens with one attached hydrogen (secondary N) is 1. The lowest BCUT2D eigenvalue weighted by atomic mass is 10.2. The van der Waals surface area contributed by atoms with Crippen LogP contribution in [0.2, 0.25) is 5.02 Å². The Bertz CT molecular complexity index is 399. The second-order valence-electron chi connectivity index (χ2n) is 4.29. The van der Waals surface area contributed by atoms with Gasteiger partial charge in [0.25, 0.3) is 0 Å². The van der Waals surface area contributed by atoms with Crippen molar-refractivity contribution in [2.45, 2.75) is 6.92 Å². The number of piperazine rings is 1. The van der Waals surface area contributed by atoms with Crippen molar-refractivity contribution >= 4 is 34.6 Å². The van der Waals surface area contributed by atoms with E-state index in [1.807, 2.05) is 12.1 Å². The lowest BCUT2D eigenvalue weighted by Gasteiger charge is -2.37. The molecule has 0 amide bonds. The molecule has 1 aromatic carbocycles. The summed E-state index contributed by atoms with van der Waals surface area (Å²) in [5, 5.41) is 4.85. The van der Waals surface area contributed by atoms with Crippen molar-refractivity contribution in [3.63, 3.8) is 0 Å². The molecule has 1 N–H and O–H groups in total. The first kappa shape index (κ1) is 13.4. The maximum Gasteiger partial charge on any atom is 0.169 e. The molecule has 1 aliphatic rings. The minimum Gasteiger partial charge on any atom is -0.368 e. The smallest absolute Gasteiger partial charge is 0.169 e. The largest absolute Gasteiger partial charge is 0.368 e. The van der Waals surface area contributed by atoms with Crippen LogP contribution in [0.15, 0.2) is 24.3 Å². The molecule has 2 rings (SSSR count). The van der Waals surface area contributed by atoms with Gasteiger partial charge in [0.05, 0.1) is 0 Å². The van der Waals surface area contributed by atoms with E-state index in [9.17, 15) is 0 Å². The Balaban J connectivity index is 1.90. The Kier molecular flexibility index (Phi) is 4.66. The molecule has 0 bridgehead atoms. The van der Waals surface area contributed by atoms with Crippen LogP contribution in [0.4, 0.5) is 5.69 Å². The molecule has 1 fully saturated rings. The van der Waals surface area contributed by atoms with Gasteiger partial charge in [0.1, 0.15) is 0 Å². The zero-order valence-electron chi connectivity index (χ0n) is 10.5. The molecule has 0 radical (unpaired) electrons. The van der Waals surface area contributed by atoms with Crippen LogP contribution in [0, 0.1) is 0 Å². The normalized spacial score (nSPS) is 15.7. The van der Waals surface area contributed by atoms with E-state index in [4.69, 9.17) is 23.8 Å². The number of thiocarbonyl (C=S) groups is 1. The molecule has 0 atom stereocenters. The van der Waals surface area contributed by atoms with Crippen molar-refractivity contribution in [1.82, 2.24) is 10.2 Å². The van der Waals surface area contributed by atoms with Gasteiger partial charge in [-0.3, -0.25) is 0 Å². The third kappa shape index (κ3) is 3.27. The van der Waals surface area contributed by atoms with Crippen molar-refractivity contribution in [3.05, 3.63) is 29.3 Å². The molecule has 0 saturated carbocycles. The van der Waals surface area contributed by atoms with E-state index in [2.05, 4.69) is 34.2 Å². The molecule has 0 spiro atoms. The number of nitrogens with zero attached hydrogens (tertiary/aromatic N) is 2. The van der Waals surface area contributed by atoms with Crippen LogP contribution < -0.4 is 10.2 Å². The molecular weight excluding hydrogens is 266 g/mol. The number of hydrogen-bond acceptors (Lipinski definition) is 2. The van der Waals surface area contributed by atoms with Crippen LogP contribution in [0.3, 0.4) is 0 Å². The third-order valence-corrected chi connectivity index (χ3v) is 3.74. The van der Waals surface area contributed by atoms with Gasteiger partial charge in [0.2, 0.25) is 0 Å². The van der Waals surface area contributed by atoms with E-state index >= 15 is 0 Å². The lowest BCUT2D eigenvalue weighted by Crippen LogP contribution is -2.51. The van der Waals surface area contributed by atoms with Gasteiger partial charge in [-0.25, -0.2) is 0 Å². The SMILES string of the molecule is CCNC(=S)N1CCN(c2ccc(Cl)cc2)CC1. The lowest BCUT2D eigenvalue weighted by molar-refractivity contribution is 0.381. The molecule has 18 heavy (non-hydrogen) atoms. The van der Waals surface area contributed by atoms with Crippen LogP contribution >= 0.6 is 23.8 Å². The Labute approximate surface area is 119 Å². The minimum atomic E-state index is 0.783. The Hall–Kier alpha value is -1.00. The van der Waals surface area contributed by atoms with E-state index in [0.717, 1.165) is 42.9 Å². The molecule has 1 saturated heterocycles. The molecular formula is C13H18ClN3S. The fraction of sp³-hybridized carbons (Fsp3) is 0.462. The van der Waals surface area contributed by atoms with Crippen LogP contribution in [0.1, 0.15) is 6.92 Å². The van der Waals surface area contributed by atoms with Gasteiger partial charge in [-0.2, -0.15) is 0 Å². The summed E-state index contributed by atoms with van der Waals surface area (Å²) in [5.74, 6) is 0. The van der Waals surface area contributed by atoms with Gasteiger partial charge in [0.15, 0.2) is 5.11 Å². The minimum absolute atomic E-state index is 0.783. The van der Waals surface area contributed by atoms with E-state index < -0.39 is 0 Å². The number of benzene rings is 1. The Morgan fingerprint density at radius 2 is 1.83 bits per heavy atom. The average Bonchev–Trinajstić information content (AvgIpc) is 2.40. The van der Waals surface area contributed by atoms with Crippen LogP contribution in [0.25, 0.3) is 0 Å². The van der Waals surface area contributed by atoms with Gasteiger partial charge in [0, 0.05) is 43.4 Å². The summed E-state index contributed by atoms with van der Waals surface area (Å²) < 4.78 is 0. The van der Waals surface area contributed by atoms with Crippen LogP contribution in [0.5, 0.6) is 0 Å². The van der Waals surface area contributed by atoms with E-state index in [0.29, 0.717) is 0 Å². The second kappa shape index (κ2) is 6.25. The highest BCUT2D eigenvalue weighted by atomic mass is 35.5. The van der Waals surface area contributed by atoms with Crippen molar-refractivity contribution in [1.29, 1.82) is 0 Å². The van der Waals surface area contributed by atoms with Gasteiger partial charge in [-0.15, -0.1) is 0 Å². The number of rotatable bonds is 2. The van der Waals surface area contributed by atoms with E-state index in [1.54, 1.807) is 0 Å². The molecule has 3 nitrogen and oxygen atoms in total. The molecule has 5 heteroatoms. The van der Waals surface area contributed by atoms with Crippen molar-refractivity contribution in [3.8, 4) is 0 Å². The molecule has 0 aliphatic carbocycles. The quantitative estimate of drug-likeness (QED) is 0.840. The number of hydrogen-bond donors (Lipinski definition) is 1. The fourth-order valence-corrected chi connectivity index (χ4v) is 2.54. The molecule has 1 heterocycles. The average molecular weight is 284 g/mol. The number of halogens is 1. The third-order valence-electron chi connectivity index (χ3n) is 3.09. The summed E-state index contributed by atoms with van der Waals surface area (Å²) in [4.78, 5) is 4.59. The highest BCUT2D eigenvalue weighted by molar-refractivity contribution is 7.80. The number of anilines is 1. The summed E-state index contributed by atoms with van der Waals surface area (Å²) in [5.41, 5.74) is 1.23. The van der Waals surface area contributed by atoms with E-state index in [1.165, 1.54) is 5.69 Å². The zero-order valence-corrected chi connectivity index (χ0v) is 12.1. The van der Waals surface area contributed by atoms with Gasteiger partial charge in [-0.1, -0.05) is 11.6 Å². The molecule has 1 aromatic rings. The second-order valence-corrected chi connectivity index (χ2v) is 5.11. The Morgan fingerprint density at radius 3 is 2.39 bits per heavy atom. The zero-order chi connectivity index (χ0) is 13.0. The van der Waals surface area contributed by atoms with Gasteiger partial charge < -0.3 is 15.1 Å². The van der Waals surface area contributed by atoms with Crippen molar-refractivity contribution in [2.75, 3.05) is 37.6 Å². The molecule has 1 aliphatic heterocycles. The van der Waals surface area contributed by atoms with E-state index in [-0.39, 0.29) is 0 Å². The van der Waals surface area contributed by atoms with Crippen molar-refractivity contribution in [2.24, 2.45) is 0 Å². The van der Waals surface area contributed by atoms with Gasteiger partial charge in [-0.05, 0) is 43.4 Å². The molecule has 0 unspecified atom stereocenters. The first-order valence-electron chi connectivity index (χ1n) is 6.24. The summed E-state index contributed by atoms with van der Waals surface area (Å²) in [6.07, 6.45) is 0. The Morgan fingerprint density at radius 1 is 1.22 bits per heavy atom. The maximum absolute atomic E-state index is 5.90. The predicted octanol–water partition coefficient (Wildman–Crippen LogP) is 2.36. The summed E-state index contributed by atoms with van der Waals surface area (Å²) in [7, 11) is 0. The molecule has 0 aromatic heterocycles. The van der Waals surface area contributed by atoms with Gasteiger partial charge >= 0.3 is 0 Å². The first-order valence-corrected chi connectivity index (χ1v) is 7.02. The predicted molar refractivity (Wildman–Crippen MR) is 81.5 cm³/mol. The first-order chi connectivity index (χ1) is 8.70. The van der Waals surface area contributed by atoms with Crippen LogP contribution in [-0.2, 0) is 0 Å². The summed E-state index contributed by atoms with van der Waals surface area (Å²) in [6, 6.07) is 8.01. The van der Waals surface area contributed by atoms with Crippen LogP contribution in [-0.4, -0.2) is 42.7 Å². The fourth-order valence-electron chi connectivity index (χ4n) is 2.08. The monoisotopic (exact) mass is 283 g/mol. The maximum atomic E-state index is 5.90. The molecule has 98 valence electrons. The topological polar surface area (TPSA) is 18.5 Å². The highest BCUT2D eigenvalue weighted by Gasteiger charge is 2.18. The summed E-state index contributed by atoms with van der Waals surface area (Å²) >= 11 is 11.2. The highest BCUT2D eigenvalue weighted by Crippen LogP contribution is 2.19. The standard InChI is InChI=1S/C13H18ClN3S/c1-2-15-13(18)17-9-7-16(8-10-17)12-5-3-11(14)4-6-12/h3-6H,2,7-10H2,1H3,(H,15,18).